The van der Waals surface area contributed by atoms with Crippen molar-refractivity contribution in [3.05, 3.63) is 0 Å². The summed E-state index contributed by atoms with van der Waals surface area (Å²) in [7, 11) is 0. The molecular weight excluding hydrogens is 346 g/mol. The topological polar surface area (TPSA) is 63.9 Å². The first-order chi connectivity index (χ1) is 12.8. The van der Waals surface area contributed by atoms with Crippen LogP contribution in [0.2, 0.25) is 0 Å². The molecule has 0 spiro atoms. The van der Waals surface area contributed by atoms with Crippen molar-refractivity contribution in [1.29, 1.82) is 0 Å². The van der Waals surface area contributed by atoms with Gasteiger partial charge in [-0.3, -0.25) is 4.79 Å². The minimum Gasteiger partial charge on any atom is -0.340 e. The number of amides is 1. The highest BCUT2D eigenvalue weighted by atomic mass is 32.2. The fourth-order valence-electron chi connectivity index (χ4n) is 4.40. The Morgan fingerprint density at radius 2 is 1.81 bits per heavy atom. The Morgan fingerprint density at radius 3 is 2.50 bits per heavy atom. The number of rotatable bonds is 8. The standard InChI is InChI=1S/C19H33N5OS/c1-2-23(16-10-5-3-6-11-16)18(25)14-9-15-26-19-20-21-22-24(19)17-12-7-4-8-13-17/h16-17H,2-15H2,1H3. The van der Waals surface area contributed by atoms with Gasteiger partial charge >= 0.3 is 0 Å². The van der Waals surface area contributed by atoms with Crippen molar-refractivity contribution in [1.82, 2.24) is 25.1 Å². The zero-order chi connectivity index (χ0) is 18.2. The largest absolute Gasteiger partial charge is 0.340 e. The highest BCUT2D eigenvalue weighted by Gasteiger charge is 2.24. The molecule has 0 N–H and O–H groups in total. The molecule has 6 nitrogen and oxygen atoms in total. The maximum atomic E-state index is 12.6. The number of hydrogen-bond donors (Lipinski definition) is 0. The van der Waals surface area contributed by atoms with Gasteiger partial charge in [0.1, 0.15) is 0 Å². The Bertz CT molecular complexity index is 552. The molecular formula is C19H33N5OS. The summed E-state index contributed by atoms with van der Waals surface area (Å²) in [6, 6.07) is 0.942. The molecule has 2 aliphatic carbocycles. The van der Waals surface area contributed by atoms with Crippen molar-refractivity contribution in [2.24, 2.45) is 0 Å². The lowest BCUT2D eigenvalue weighted by Crippen LogP contribution is -2.41. The zero-order valence-electron chi connectivity index (χ0n) is 16.1. The lowest BCUT2D eigenvalue weighted by molar-refractivity contribution is -0.133. The lowest BCUT2D eigenvalue weighted by atomic mass is 9.94. The molecule has 146 valence electrons. The van der Waals surface area contributed by atoms with Crippen LogP contribution in [0.5, 0.6) is 0 Å². The Morgan fingerprint density at radius 1 is 1.12 bits per heavy atom. The molecule has 2 aliphatic rings. The summed E-state index contributed by atoms with van der Waals surface area (Å²) in [6.07, 6.45) is 14.0. The average Bonchev–Trinajstić information content (AvgIpc) is 3.16. The summed E-state index contributed by atoms with van der Waals surface area (Å²) in [6.45, 7) is 2.95. The van der Waals surface area contributed by atoms with Gasteiger partial charge in [-0.25, -0.2) is 4.68 Å². The van der Waals surface area contributed by atoms with Crippen LogP contribution in [-0.4, -0.2) is 49.4 Å². The molecule has 1 heterocycles. The van der Waals surface area contributed by atoms with Crippen LogP contribution in [0.1, 0.15) is 90.0 Å². The third kappa shape index (κ3) is 5.21. The van der Waals surface area contributed by atoms with Gasteiger partial charge in [-0.05, 0) is 49.5 Å². The number of tetrazole rings is 1. The van der Waals surface area contributed by atoms with E-state index in [-0.39, 0.29) is 0 Å². The van der Waals surface area contributed by atoms with Gasteiger partial charge in [0.2, 0.25) is 11.1 Å². The van der Waals surface area contributed by atoms with Gasteiger partial charge in [-0.2, -0.15) is 0 Å². The van der Waals surface area contributed by atoms with E-state index < -0.39 is 0 Å². The van der Waals surface area contributed by atoms with Crippen molar-refractivity contribution in [2.45, 2.75) is 101 Å². The Kier molecular flexibility index (Phi) is 7.77. The molecule has 7 heteroatoms. The lowest BCUT2D eigenvalue weighted by Gasteiger charge is -2.33. The van der Waals surface area contributed by atoms with E-state index in [2.05, 4.69) is 27.3 Å². The Labute approximate surface area is 161 Å². The smallest absolute Gasteiger partial charge is 0.222 e. The van der Waals surface area contributed by atoms with Crippen LogP contribution in [0, 0.1) is 0 Å². The highest BCUT2D eigenvalue weighted by Crippen LogP contribution is 2.30. The van der Waals surface area contributed by atoms with E-state index in [1.54, 1.807) is 11.8 Å². The predicted octanol–water partition coefficient (Wildman–Crippen LogP) is 4.23. The summed E-state index contributed by atoms with van der Waals surface area (Å²) in [5.74, 6) is 1.23. The van der Waals surface area contributed by atoms with Gasteiger partial charge in [0.05, 0.1) is 6.04 Å². The van der Waals surface area contributed by atoms with Gasteiger partial charge < -0.3 is 4.90 Å². The van der Waals surface area contributed by atoms with Crippen molar-refractivity contribution < 1.29 is 4.79 Å². The molecule has 0 bridgehead atoms. The molecule has 3 rings (SSSR count). The normalized spacial score (nSPS) is 19.6. The van der Waals surface area contributed by atoms with Crippen molar-refractivity contribution in [3.63, 3.8) is 0 Å². The number of aromatic nitrogens is 4. The quantitative estimate of drug-likeness (QED) is 0.499. The summed E-state index contributed by atoms with van der Waals surface area (Å²) in [5.41, 5.74) is 0. The van der Waals surface area contributed by atoms with Gasteiger partial charge in [-0.15, -0.1) is 5.10 Å². The van der Waals surface area contributed by atoms with Crippen molar-refractivity contribution >= 4 is 17.7 Å². The maximum absolute atomic E-state index is 12.6. The summed E-state index contributed by atoms with van der Waals surface area (Å²) >= 11 is 1.70. The number of hydrogen-bond acceptors (Lipinski definition) is 5. The molecule has 1 aromatic rings. The van der Waals surface area contributed by atoms with Gasteiger partial charge in [-0.1, -0.05) is 50.3 Å². The minimum atomic E-state index is 0.326. The number of thioether (sulfide) groups is 1. The van der Waals surface area contributed by atoms with E-state index in [0.717, 1.165) is 23.9 Å². The van der Waals surface area contributed by atoms with Crippen LogP contribution in [0.15, 0.2) is 5.16 Å². The van der Waals surface area contributed by atoms with E-state index in [9.17, 15) is 4.79 Å². The first-order valence-corrected chi connectivity index (χ1v) is 11.5. The average molecular weight is 380 g/mol. The first kappa shape index (κ1) is 19.6. The van der Waals surface area contributed by atoms with E-state index in [1.165, 1.54) is 64.2 Å². The fourth-order valence-corrected chi connectivity index (χ4v) is 5.28. The minimum absolute atomic E-state index is 0.326. The summed E-state index contributed by atoms with van der Waals surface area (Å²) in [5, 5.41) is 13.2. The second-order valence-corrected chi connectivity index (χ2v) is 8.68. The molecule has 0 aliphatic heterocycles. The van der Waals surface area contributed by atoms with E-state index in [1.807, 2.05) is 4.68 Å². The monoisotopic (exact) mass is 379 g/mol. The molecule has 2 saturated carbocycles. The Hall–Kier alpha value is -1.11. The van der Waals surface area contributed by atoms with Crippen LogP contribution >= 0.6 is 11.8 Å². The van der Waals surface area contributed by atoms with Crippen LogP contribution < -0.4 is 0 Å². The molecule has 2 fully saturated rings. The van der Waals surface area contributed by atoms with Crippen molar-refractivity contribution in [3.8, 4) is 0 Å². The van der Waals surface area contributed by atoms with Crippen LogP contribution in [0.3, 0.4) is 0 Å². The Balaban J connectivity index is 1.42. The third-order valence-corrected chi connectivity index (χ3v) is 6.85. The van der Waals surface area contributed by atoms with Gasteiger partial charge in [0, 0.05) is 24.8 Å². The molecule has 1 amide bonds. The summed E-state index contributed by atoms with van der Waals surface area (Å²) < 4.78 is 2.02. The molecule has 0 saturated heterocycles. The van der Waals surface area contributed by atoms with Crippen LogP contribution in [0.25, 0.3) is 0 Å². The van der Waals surface area contributed by atoms with E-state index >= 15 is 0 Å². The molecule has 1 aromatic heterocycles. The SMILES string of the molecule is CCN(C(=O)CCCSc1nnnn1C1CCCCC1)C1CCCCC1. The maximum Gasteiger partial charge on any atom is 0.222 e. The second kappa shape index (κ2) is 10.3. The number of carbonyl (C=O) groups excluding carboxylic acids is 1. The molecule has 0 atom stereocenters. The molecule has 26 heavy (non-hydrogen) atoms. The fraction of sp³-hybridized carbons (Fsp3) is 0.895. The van der Waals surface area contributed by atoms with Crippen LogP contribution in [-0.2, 0) is 4.79 Å². The van der Waals surface area contributed by atoms with Crippen LogP contribution in [0.4, 0.5) is 0 Å². The van der Waals surface area contributed by atoms with Crippen molar-refractivity contribution in [2.75, 3.05) is 12.3 Å². The number of nitrogens with zero attached hydrogens (tertiary/aromatic N) is 5. The first-order valence-electron chi connectivity index (χ1n) is 10.5. The molecule has 0 aromatic carbocycles. The van der Waals surface area contributed by atoms with E-state index in [0.29, 0.717) is 24.4 Å². The second-order valence-electron chi connectivity index (χ2n) is 7.62. The van der Waals surface area contributed by atoms with Gasteiger partial charge in [0.25, 0.3) is 0 Å². The third-order valence-electron chi connectivity index (χ3n) is 5.83. The molecule has 0 radical (unpaired) electrons. The predicted molar refractivity (Wildman–Crippen MR) is 104 cm³/mol. The number of carbonyl (C=O) groups is 1. The molecule has 0 unspecified atom stereocenters. The highest BCUT2D eigenvalue weighted by molar-refractivity contribution is 7.99. The summed E-state index contributed by atoms with van der Waals surface area (Å²) in [4.78, 5) is 14.7. The zero-order valence-corrected chi connectivity index (χ0v) is 16.9. The van der Waals surface area contributed by atoms with E-state index in [4.69, 9.17) is 0 Å². The van der Waals surface area contributed by atoms with Gasteiger partial charge in [0.15, 0.2) is 0 Å².